The van der Waals surface area contributed by atoms with Gasteiger partial charge in [-0.3, -0.25) is 14.9 Å². The number of aromatic nitrogens is 1. The van der Waals surface area contributed by atoms with Gasteiger partial charge in [-0.25, -0.2) is 4.98 Å². The number of nitrogens with one attached hydrogen (secondary N) is 1. The third-order valence-corrected chi connectivity index (χ3v) is 4.20. The third kappa shape index (κ3) is 4.53. The van der Waals surface area contributed by atoms with Gasteiger partial charge in [0.15, 0.2) is 11.7 Å². The maximum atomic E-state index is 12.2. The zero-order valence-corrected chi connectivity index (χ0v) is 15.5. The van der Waals surface area contributed by atoms with E-state index in [1.54, 1.807) is 26.3 Å². The summed E-state index contributed by atoms with van der Waals surface area (Å²) in [6, 6.07) is 11.7. The van der Waals surface area contributed by atoms with Crippen LogP contribution >= 0.6 is 0 Å². The Balaban J connectivity index is 1.60. The minimum absolute atomic E-state index is 0.0715. The first-order chi connectivity index (χ1) is 13.5. The Morgan fingerprint density at radius 3 is 2.68 bits per heavy atom. The van der Waals surface area contributed by atoms with Crippen molar-refractivity contribution >= 4 is 17.3 Å². The lowest BCUT2D eigenvalue weighted by Crippen LogP contribution is -2.13. The van der Waals surface area contributed by atoms with Crippen LogP contribution in [0.25, 0.3) is 11.3 Å². The number of benzene rings is 2. The van der Waals surface area contributed by atoms with Gasteiger partial charge in [-0.05, 0) is 36.8 Å². The fourth-order valence-corrected chi connectivity index (χ4v) is 2.61. The molecule has 0 bridgehead atoms. The number of oxazole rings is 1. The molecule has 2 aromatic carbocycles. The number of aryl methyl sites for hydroxylation is 2. The molecule has 0 saturated carbocycles. The lowest BCUT2D eigenvalue weighted by molar-refractivity contribution is -0.384. The number of anilines is 1. The zero-order chi connectivity index (χ0) is 20.1. The molecule has 0 atom stereocenters. The molecule has 0 aliphatic rings. The molecule has 0 radical (unpaired) electrons. The molecular weight excluding hydrogens is 362 g/mol. The average molecular weight is 381 g/mol. The summed E-state index contributed by atoms with van der Waals surface area (Å²) < 4.78 is 10.8. The number of non-ortho nitro benzene ring substituents is 1. The first-order valence-corrected chi connectivity index (χ1v) is 8.60. The topological polar surface area (TPSA) is 108 Å². The number of nitro benzene ring substituents is 1. The van der Waals surface area contributed by atoms with Gasteiger partial charge < -0.3 is 14.5 Å². The molecule has 1 heterocycles. The van der Waals surface area contributed by atoms with Gasteiger partial charge in [0.1, 0.15) is 5.75 Å². The number of methoxy groups -OCH3 is 1. The number of nitro groups is 1. The Labute approximate surface area is 161 Å². The molecule has 0 spiro atoms. The summed E-state index contributed by atoms with van der Waals surface area (Å²) in [5.41, 5.74) is 1.95. The van der Waals surface area contributed by atoms with Crippen molar-refractivity contribution in [2.45, 2.75) is 19.8 Å². The van der Waals surface area contributed by atoms with Crippen LogP contribution in [0.2, 0.25) is 0 Å². The van der Waals surface area contributed by atoms with Gasteiger partial charge in [-0.2, -0.15) is 0 Å². The molecule has 0 fully saturated rings. The molecule has 0 saturated heterocycles. The Morgan fingerprint density at radius 2 is 2.00 bits per heavy atom. The van der Waals surface area contributed by atoms with E-state index in [1.807, 2.05) is 24.3 Å². The second kappa shape index (κ2) is 8.34. The van der Waals surface area contributed by atoms with Crippen molar-refractivity contribution in [1.29, 1.82) is 0 Å². The molecule has 144 valence electrons. The quantitative estimate of drug-likeness (QED) is 0.487. The minimum atomic E-state index is -0.497. The smallest absolute Gasteiger partial charge is 0.271 e. The summed E-state index contributed by atoms with van der Waals surface area (Å²) in [5.74, 6) is 1.52. The highest BCUT2D eigenvalue weighted by Gasteiger charge is 2.13. The van der Waals surface area contributed by atoms with Crippen LogP contribution in [0.3, 0.4) is 0 Å². The van der Waals surface area contributed by atoms with Crippen molar-refractivity contribution in [2.75, 3.05) is 12.4 Å². The maximum absolute atomic E-state index is 12.2. The van der Waals surface area contributed by atoms with Gasteiger partial charge in [0, 0.05) is 30.5 Å². The molecular formula is C20H19N3O5. The molecule has 8 heteroatoms. The predicted octanol–water partition coefficient (Wildman–Crippen LogP) is 4.14. The van der Waals surface area contributed by atoms with Crippen LogP contribution in [0, 0.1) is 17.0 Å². The van der Waals surface area contributed by atoms with Gasteiger partial charge in [-0.1, -0.05) is 6.07 Å². The third-order valence-electron chi connectivity index (χ3n) is 4.20. The number of nitrogens with zero attached hydrogens (tertiary/aromatic N) is 2. The van der Waals surface area contributed by atoms with Crippen LogP contribution in [0.1, 0.15) is 17.9 Å². The summed E-state index contributed by atoms with van der Waals surface area (Å²) in [6.07, 6.45) is 2.07. The highest BCUT2D eigenvalue weighted by molar-refractivity contribution is 5.91. The summed E-state index contributed by atoms with van der Waals surface area (Å²) in [7, 11) is 1.60. The maximum Gasteiger partial charge on any atom is 0.271 e. The molecule has 0 aliphatic carbocycles. The predicted molar refractivity (Wildman–Crippen MR) is 103 cm³/mol. The highest BCUT2D eigenvalue weighted by Crippen LogP contribution is 2.24. The average Bonchev–Trinajstić information content (AvgIpc) is 3.17. The number of hydrogen-bond acceptors (Lipinski definition) is 6. The first kappa shape index (κ1) is 19.1. The van der Waals surface area contributed by atoms with E-state index >= 15 is 0 Å². The Hall–Kier alpha value is -3.68. The molecule has 28 heavy (non-hydrogen) atoms. The Bertz CT molecular complexity index is 995. The molecule has 1 N–H and O–H groups in total. The van der Waals surface area contributed by atoms with Crippen molar-refractivity contribution in [3.63, 3.8) is 0 Å². The lowest BCUT2D eigenvalue weighted by atomic mass is 10.1. The minimum Gasteiger partial charge on any atom is -0.497 e. The number of ether oxygens (including phenoxy) is 1. The van der Waals surface area contributed by atoms with Gasteiger partial charge in [0.05, 0.1) is 23.9 Å². The Morgan fingerprint density at radius 1 is 1.25 bits per heavy atom. The van der Waals surface area contributed by atoms with Crippen molar-refractivity contribution in [1.82, 2.24) is 4.98 Å². The Kier molecular flexibility index (Phi) is 5.69. The van der Waals surface area contributed by atoms with E-state index in [0.717, 1.165) is 16.9 Å². The van der Waals surface area contributed by atoms with Crippen LogP contribution in [-0.2, 0) is 11.2 Å². The molecule has 3 aromatic rings. The summed E-state index contributed by atoms with van der Waals surface area (Å²) in [6.45, 7) is 1.77. The van der Waals surface area contributed by atoms with Gasteiger partial charge in [0.25, 0.3) is 5.69 Å². The van der Waals surface area contributed by atoms with Crippen LogP contribution in [0.15, 0.2) is 53.1 Å². The molecule has 3 rings (SSSR count). The van der Waals surface area contributed by atoms with Gasteiger partial charge >= 0.3 is 0 Å². The number of amides is 1. The fourth-order valence-electron chi connectivity index (χ4n) is 2.61. The monoisotopic (exact) mass is 381 g/mol. The van der Waals surface area contributed by atoms with Gasteiger partial charge in [-0.15, -0.1) is 0 Å². The number of carbonyl (C=O) groups excluding carboxylic acids is 1. The van der Waals surface area contributed by atoms with E-state index in [2.05, 4.69) is 10.3 Å². The summed E-state index contributed by atoms with van der Waals surface area (Å²) in [4.78, 5) is 26.8. The second-order valence-corrected chi connectivity index (χ2v) is 6.15. The van der Waals surface area contributed by atoms with Crippen LogP contribution < -0.4 is 10.1 Å². The van der Waals surface area contributed by atoms with Crippen molar-refractivity contribution in [2.24, 2.45) is 0 Å². The second-order valence-electron chi connectivity index (χ2n) is 6.15. The molecule has 1 amide bonds. The summed E-state index contributed by atoms with van der Waals surface area (Å²) in [5, 5.41) is 13.6. The standard InChI is InChI=1S/C20H19N3O5/c1-13-3-6-15(23(25)26)11-17(13)22-19(24)9-10-20-21-12-18(28-20)14-4-7-16(27-2)8-5-14/h3-8,11-12H,9-10H2,1-2H3,(H,22,24). The van der Waals surface area contributed by atoms with Crippen molar-refractivity contribution < 1.29 is 18.9 Å². The largest absolute Gasteiger partial charge is 0.497 e. The fraction of sp³-hybridized carbons (Fsp3) is 0.200. The van der Waals surface area contributed by atoms with Crippen molar-refractivity contribution in [3.05, 3.63) is 70.2 Å². The number of carbonyl (C=O) groups is 1. The van der Waals surface area contributed by atoms with E-state index in [-0.39, 0.29) is 18.0 Å². The first-order valence-electron chi connectivity index (χ1n) is 8.60. The van der Waals surface area contributed by atoms with Gasteiger partial charge in [0.2, 0.25) is 5.91 Å². The van der Waals surface area contributed by atoms with E-state index in [1.165, 1.54) is 12.1 Å². The van der Waals surface area contributed by atoms with E-state index in [4.69, 9.17) is 9.15 Å². The number of rotatable bonds is 7. The molecule has 0 aliphatic heterocycles. The van der Waals surface area contributed by atoms with Crippen LogP contribution in [0.4, 0.5) is 11.4 Å². The zero-order valence-electron chi connectivity index (χ0n) is 15.5. The highest BCUT2D eigenvalue weighted by atomic mass is 16.6. The normalized spacial score (nSPS) is 10.5. The van der Waals surface area contributed by atoms with Crippen molar-refractivity contribution in [3.8, 4) is 17.1 Å². The lowest BCUT2D eigenvalue weighted by Gasteiger charge is -2.07. The van der Waals surface area contributed by atoms with Crippen LogP contribution in [0.5, 0.6) is 5.75 Å². The van der Waals surface area contributed by atoms with Crippen LogP contribution in [-0.4, -0.2) is 22.9 Å². The number of hydrogen-bond donors (Lipinski definition) is 1. The van der Waals surface area contributed by atoms with E-state index in [0.29, 0.717) is 23.8 Å². The molecule has 0 unspecified atom stereocenters. The van der Waals surface area contributed by atoms with E-state index in [9.17, 15) is 14.9 Å². The SMILES string of the molecule is COc1ccc(-c2cnc(CCC(=O)Nc3cc([N+](=O)[O-])ccc3C)o2)cc1. The van der Waals surface area contributed by atoms with E-state index < -0.39 is 4.92 Å². The summed E-state index contributed by atoms with van der Waals surface area (Å²) >= 11 is 0. The molecule has 8 nitrogen and oxygen atoms in total. The molecule has 1 aromatic heterocycles.